The van der Waals surface area contributed by atoms with Crippen LogP contribution in [0.1, 0.15) is 10.4 Å². The average Bonchev–Trinajstić information content (AvgIpc) is 2.79. The third-order valence-corrected chi connectivity index (χ3v) is 5.18. The molecule has 0 aliphatic carbocycles. The molecular weight excluding hydrogens is 483 g/mol. The molecule has 0 unspecified atom stereocenters. The molecule has 0 spiro atoms. The van der Waals surface area contributed by atoms with E-state index in [1.165, 1.54) is 12.1 Å². The zero-order chi connectivity index (χ0) is 25.2. The molecule has 0 aliphatic heterocycles. The average molecular weight is 499 g/mol. The molecule has 1 heterocycles. The lowest BCUT2D eigenvalue weighted by Gasteiger charge is -2.17. The van der Waals surface area contributed by atoms with Crippen molar-refractivity contribution in [1.82, 2.24) is 9.13 Å². The highest BCUT2D eigenvalue weighted by molar-refractivity contribution is 7.71. The van der Waals surface area contributed by atoms with Crippen LogP contribution in [0.3, 0.4) is 0 Å². The molecule has 0 atom stereocenters. The molecule has 3 aromatic carbocycles. The van der Waals surface area contributed by atoms with Gasteiger partial charge in [0.25, 0.3) is 11.5 Å². The maximum absolute atomic E-state index is 13.4. The Morgan fingerprint density at radius 2 is 1.46 bits per heavy atom. The van der Waals surface area contributed by atoms with Gasteiger partial charge in [0.05, 0.1) is 11.4 Å². The summed E-state index contributed by atoms with van der Waals surface area (Å²) in [7, 11) is 0. The Labute approximate surface area is 201 Å². The summed E-state index contributed by atoms with van der Waals surface area (Å²) in [6.45, 7) is 0. The highest BCUT2D eigenvalue weighted by Crippen LogP contribution is 2.27. The number of anilines is 1. The van der Waals surface area contributed by atoms with E-state index in [9.17, 15) is 27.9 Å². The van der Waals surface area contributed by atoms with Crippen LogP contribution in [0.5, 0.6) is 11.6 Å². The maximum atomic E-state index is 13.4. The monoisotopic (exact) mass is 499 g/mol. The number of nitrogens with one attached hydrogen (secondary N) is 1. The van der Waals surface area contributed by atoms with Gasteiger partial charge >= 0.3 is 6.36 Å². The van der Waals surface area contributed by atoms with Crippen LogP contribution in [0, 0.1) is 4.77 Å². The molecular formula is C24H16F3N3O4S. The maximum Gasteiger partial charge on any atom is 0.573 e. The van der Waals surface area contributed by atoms with Gasteiger partial charge in [-0.05, 0) is 48.6 Å². The second kappa shape index (κ2) is 9.47. The molecule has 35 heavy (non-hydrogen) atoms. The van der Waals surface area contributed by atoms with Gasteiger partial charge in [-0.25, -0.2) is 0 Å². The van der Waals surface area contributed by atoms with E-state index < -0.39 is 35.0 Å². The van der Waals surface area contributed by atoms with E-state index in [-0.39, 0.29) is 10.5 Å². The molecule has 178 valence electrons. The first-order valence-corrected chi connectivity index (χ1v) is 10.5. The minimum Gasteiger partial charge on any atom is -0.493 e. The van der Waals surface area contributed by atoms with Crippen molar-refractivity contribution in [3.8, 4) is 23.0 Å². The molecule has 2 N–H and O–H groups in total. The molecule has 11 heteroatoms. The summed E-state index contributed by atoms with van der Waals surface area (Å²) < 4.78 is 43.7. The molecule has 0 saturated carbocycles. The number of ether oxygens (including phenoxy) is 1. The number of carbonyl (C=O) groups is 1. The van der Waals surface area contributed by atoms with Crippen molar-refractivity contribution in [2.45, 2.75) is 6.36 Å². The lowest BCUT2D eigenvalue weighted by atomic mass is 10.2. The van der Waals surface area contributed by atoms with Gasteiger partial charge in [-0.3, -0.25) is 18.7 Å². The summed E-state index contributed by atoms with van der Waals surface area (Å²) in [5.74, 6) is -2.35. The van der Waals surface area contributed by atoms with E-state index in [4.69, 9.17) is 12.2 Å². The number of amides is 1. The summed E-state index contributed by atoms with van der Waals surface area (Å²) >= 11 is 5.49. The van der Waals surface area contributed by atoms with Gasteiger partial charge in [0.15, 0.2) is 10.3 Å². The van der Waals surface area contributed by atoms with Crippen LogP contribution in [-0.4, -0.2) is 26.5 Å². The van der Waals surface area contributed by atoms with Crippen molar-refractivity contribution >= 4 is 23.8 Å². The van der Waals surface area contributed by atoms with Crippen LogP contribution in [0.25, 0.3) is 11.4 Å². The van der Waals surface area contributed by atoms with E-state index in [1.54, 1.807) is 60.7 Å². The third kappa shape index (κ3) is 5.09. The van der Waals surface area contributed by atoms with E-state index in [1.807, 2.05) is 0 Å². The molecule has 4 rings (SSSR count). The zero-order valence-electron chi connectivity index (χ0n) is 17.7. The molecule has 0 fully saturated rings. The Morgan fingerprint density at radius 3 is 2.03 bits per heavy atom. The van der Waals surface area contributed by atoms with Crippen LogP contribution in [0.2, 0.25) is 0 Å². The van der Waals surface area contributed by atoms with Gasteiger partial charge in [0, 0.05) is 11.8 Å². The number of aromatic nitrogens is 2. The van der Waals surface area contributed by atoms with Crippen LogP contribution < -0.4 is 15.6 Å². The summed E-state index contributed by atoms with van der Waals surface area (Å²) in [6, 6.07) is 21.1. The molecule has 0 aliphatic rings. The number of rotatable bonds is 5. The topological polar surface area (TPSA) is 85.5 Å². The largest absolute Gasteiger partial charge is 0.573 e. The van der Waals surface area contributed by atoms with Gasteiger partial charge in [-0.2, -0.15) is 0 Å². The molecule has 0 radical (unpaired) electrons. The van der Waals surface area contributed by atoms with Gasteiger partial charge in [-0.1, -0.05) is 42.5 Å². The van der Waals surface area contributed by atoms with Crippen molar-refractivity contribution in [2.75, 3.05) is 5.32 Å². The number of hydrogen-bond donors (Lipinski definition) is 2. The number of halogens is 3. The van der Waals surface area contributed by atoms with Crippen LogP contribution in [0.15, 0.2) is 89.7 Å². The van der Waals surface area contributed by atoms with E-state index in [0.717, 1.165) is 21.3 Å². The van der Waals surface area contributed by atoms with Crippen LogP contribution in [0.4, 0.5) is 18.9 Å². The minimum absolute atomic E-state index is 0.0875. The first-order chi connectivity index (χ1) is 16.7. The number of para-hydroxylation sites is 2. The fourth-order valence-electron chi connectivity index (χ4n) is 3.37. The number of hydrogen-bond acceptors (Lipinski definition) is 5. The van der Waals surface area contributed by atoms with Gasteiger partial charge in [0.2, 0.25) is 5.88 Å². The predicted molar refractivity (Wildman–Crippen MR) is 125 cm³/mol. The van der Waals surface area contributed by atoms with Crippen molar-refractivity contribution in [1.29, 1.82) is 0 Å². The SMILES string of the molecule is O=C(Nc1cccc(OC(F)(F)F)c1)c1c(O)n(-c2ccccc2)c(=S)n(-c2ccccc2)c1=O. The van der Waals surface area contributed by atoms with Crippen molar-refractivity contribution in [3.05, 3.63) is 106 Å². The molecule has 1 aromatic heterocycles. The van der Waals surface area contributed by atoms with E-state index in [0.29, 0.717) is 11.4 Å². The Kier molecular flexibility index (Phi) is 6.43. The number of carbonyl (C=O) groups excluding carboxylic acids is 1. The number of alkyl halides is 3. The molecule has 7 nitrogen and oxygen atoms in total. The summed E-state index contributed by atoms with van der Waals surface area (Å²) in [4.78, 5) is 26.5. The summed E-state index contributed by atoms with van der Waals surface area (Å²) in [6.07, 6.45) is -4.93. The number of benzene rings is 3. The lowest BCUT2D eigenvalue weighted by Crippen LogP contribution is -2.32. The molecule has 4 aromatic rings. The highest BCUT2D eigenvalue weighted by Gasteiger charge is 2.31. The highest BCUT2D eigenvalue weighted by atomic mass is 32.1. The van der Waals surface area contributed by atoms with Crippen LogP contribution in [-0.2, 0) is 0 Å². The van der Waals surface area contributed by atoms with Crippen LogP contribution >= 0.6 is 12.2 Å². The quantitative estimate of drug-likeness (QED) is 0.368. The van der Waals surface area contributed by atoms with Gasteiger partial charge < -0.3 is 15.2 Å². The van der Waals surface area contributed by atoms with Crippen molar-refractivity contribution in [2.24, 2.45) is 0 Å². The van der Waals surface area contributed by atoms with E-state index >= 15 is 0 Å². The zero-order valence-corrected chi connectivity index (χ0v) is 18.5. The smallest absolute Gasteiger partial charge is 0.493 e. The molecule has 0 bridgehead atoms. The summed E-state index contributed by atoms with van der Waals surface area (Å²) in [5, 5.41) is 13.3. The molecule has 1 amide bonds. The molecule has 0 saturated heterocycles. The second-order valence-corrected chi connectivity index (χ2v) is 7.52. The predicted octanol–water partition coefficient (Wildman–Crippen LogP) is 5.21. The Morgan fingerprint density at radius 1 is 0.886 bits per heavy atom. The van der Waals surface area contributed by atoms with Gasteiger partial charge in [0.1, 0.15) is 5.75 Å². The Hall–Kier alpha value is -4.38. The van der Waals surface area contributed by atoms with E-state index in [2.05, 4.69) is 10.1 Å². The van der Waals surface area contributed by atoms with Crippen molar-refractivity contribution in [3.63, 3.8) is 0 Å². The third-order valence-electron chi connectivity index (χ3n) is 4.82. The number of nitrogens with zero attached hydrogens (tertiary/aromatic N) is 2. The fourth-order valence-corrected chi connectivity index (χ4v) is 3.75. The van der Waals surface area contributed by atoms with Crippen molar-refractivity contribution < 1.29 is 27.8 Å². The Balaban J connectivity index is 1.86. The first kappa shape index (κ1) is 23.8. The summed E-state index contributed by atoms with van der Waals surface area (Å²) in [5.41, 5.74) is -0.925. The standard InChI is InChI=1S/C24H16F3N3O4S/c25-24(26,27)34-18-13-7-8-15(14-18)28-20(31)19-21(32)29(16-9-3-1-4-10-16)23(35)30(22(19)33)17-11-5-2-6-12-17/h1-14,32H,(H,28,31). The lowest BCUT2D eigenvalue weighted by molar-refractivity contribution is -0.274. The number of aromatic hydroxyl groups is 1. The first-order valence-electron chi connectivity index (χ1n) is 10.0. The second-order valence-electron chi connectivity index (χ2n) is 7.16. The minimum atomic E-state index is -4.93. The normalized spacial score (nSPS) is 11.2. The van der Waals surface area contributed by atoms with Gasteiger partial charge in [-0.15, -0.1) is 13.2 Å². The fraction of sp³-hybridized carbons (Fsp3) is 0.0417. The Bertz CT molecular complexity index is 1500.